The van der Waals surface area contributed by atoms with Crippen molar-refractivity contribution in [2.75, 3.05) is 0 Å². The predicted octanol–water partition coefficient (Wildman–Crippen LogP) is 0.163. The van der Waals surface area contributed by atoms with Gasteiger partial charge in [0.2, 0.25) is 0 Å². The molecule has 0 aliphatic heterocycles. The Labute approximate surface area is 36.8 Å². The van der Waals surface area contributed by atoms with Gasteiger partial charge in [-0.2, -0.15) is 5.90 Å². The van der Waals surface area contributed by atoms with E-state index in [-0.39, 0.29) is 7.43 Å². The normalized spacial score (nSPS) is 9.33. The largest absolute Gasteiger partial charge is 0.713 e. The summed E-state index contributed by atoms with van der Waals surface area (Å²) in [6.07, 6.45) is 0. The van der Waals surface area contributed by atoms with Gasteiger partial charge in [-0.05, 0) is 4.62 Å². The van der Waals surface area contributed by atoms with Gasteiger partial charge < -0.3 is 0 Å². The molecule has 0 radical (unpaired) electrons. The van der Waals surface area contributed by atoms with E-state index in [4.69, 9.17) is 9.46 Å². The van der Waals surface area contributed by atoms with Crippen molar-refractivity contribution in [2.45, 2.75) is 7.43 Å². The first-order chi connectivity index (χ1) is 2.27. The first kappa shape index (κ1) is 9.36. The van der Waals surface area contributed by atoms with Crippen molar-refractivity contribution in [3.8, 4) is 0 Å². The molecule has 5 heteroatoms. The smallest absolute Gasteiger partial charge is 0.162 e. The third kappa shape index (κ3) is 9.02. The Bertz CT molecular complexity index is 46.1. The first-order valence-electron chi connectivity index (χ1n) is 0.801. The Morgan fingerprint density at radius 1 is 1.83 bits per heavy atom. The summed E-state index contributed by atoms with van der Waals surface area (Å²) >= 11 is 0. The molecule has 4 nitrogen and oxygen atoms in total. The summed E-state index contributed by atoms with van der Waals surface area (Å²) in [5.74, 6) is 4.14. The van der Waals surface area contributed by atoms with Crippen LogP contribution < -0.4 is 5.90 Å². The Kier molecular flexibility index (Phi) is 7.77. The third-order valence-electron chi connectivity index (χ3n) is 0.0902. The molecule has 1 atom stereocenters. The zero-order valence-corrected chi connectivity index (χ0v) is 3.18. The first-order valence-corrected chi connectivity index (χ1v) is 1.93. The van der Waals surface area contributed by atoms with Gasteiger partial charge in [0.1, 0.15) is 0 Å². The van der Waals surface area contributed by atoms with Gasteiger partial charge in [-0.1, -0.05) is 7.43 Å². The summed E-state index contributed by atoms with van der Waals surface area (Å²) in [5, 5.41) is 0. The molecular weight excluding hydrogens is 105 g/mol. The van der Waals surface area contributed by atoms with Crippen molar-refractivity contribution in [1.29, 1.82) is 0 Å². The quantitative estimate of drug-likeness (QED) is 0.374. The van der Waals surface area contributed by atoms with Gasteiger partial charge in [-0.15, -0.1) is 4.89 Å². The van der Waals surface area contributed by atoms with Crippen molar-refractivity contribution >= 4 is 8.25 Å². The van der Waals surface area contributed by atoms with Crippen LogP contribution >= 0.6 is 8.25 Å². The minimum Gasteiger partial charge on any atom is -0.162 e. The van der Waals surface area contributed by atoms with E-state index in [0.717, 1.165) is 0 Å². The zero-order chi connectivity index (χ0) is 4.28. The van der Waals surface area contributed by atoms with Crippen molar-refractivity contribution in [3.63, 3.8) is 0 Å². The van der Waals surface area contributed by atoms with Crippen molar-refractivity contribution < 1.29 is 14.1 Å². The topological polar surface area (TPSA) is 72.5 Å². The summed E-state index contributed by atoms with van der Waals surface area (Å²) in [6.45, 7) is 0. The lowest BCUT2D eigenvalue weighted by Crippen LogP contribution is -1.84. The minimum absolute atomic E-state index is 0. The van der Waals surface area contributed by atoms with Crippen LogP contribution in [0.4, 0.5) is 0 Å². The molecule has 0 aliphatic rings. The highest BCUT2D eigenvalue weighted by Crippen LogP contribution is 2.07. The van der Waals surface area contributed by atoms with Crippen molar-refractivity contribution in [2.24, 2.45) is 5.90 Å². The summed E-state index contributed by atoms with van der Waals surface area (Å²) < 4.78 is 12.5. The van der Waals surface area contributed by atoms with E-state index in [1.165, 1.54) is 0 Å². The molecule has 0 rings (SSSR count). The summed E-state index contributed by atoms with van der Waals surface area (Å²) in [6, 6.07) is 0. The number of nitrogens with two attached hydrogens (primary N) is 1. The van der Waals surface area contributed by atoms with E-state index in [9.17, 15) is 0 Å². The molecule has 0 saturated carbocycles. The lowest BCUT2D eigenvalue weighted by atomic mass is 12.0. The predicted molar refractivity (Wildman–Crippen MR) is 21.8 cm³/mol. The minimum atomic E-state index is -2.57. The Hall–Kier alpha value is -0.0200. The molecule has 3 N–H and O–H groups in total. The van der Waals surface area contributed by atoms with E-state index in [1.54, 1.807) is 0 Å². The summed E-state index contributed by atoms with van der Waals surface area (Å²) in [5.41, 5.74) is 0. The van der Waals surface area contributed by atoms with Crippen LogP contribution in [-0.2, 0) is 9.19 Å². The molecule has 0 fully saturated rings. The highest BCUT2D eigenvalue weighted by Gasteiger charge is 2.04. The van der Waals surface area contributed by atoms with Gasteiger partial charge in [-0.3, -0.25) is 0 Å². The second-order valence-electron chi connectivity index (χ2n) is 0.343. The maximum absolute atomic E-state index is 9.17. The fourth-order valence-corrected chi connectivity index (χ4v) is 0. The van der Waals surface area contributed by atoms with Crippen molar-refractivity contribution in [1.82, 2.24) is 0 Å². The van der Waals surface area contributed by atoms with Crippen LogP contribution in [-0.4, -0.2) is 4.89 Å². The van der Waals surface area contributed by atoms with Crippen LogP contribution in [0.3, 0.4) is 0 Å². The Balaban J connectivity index is 0. The third-order valence-corrected chi connectivity index (χ3v) is 0.271. The monoisotopic (exact) mass is 112 g/mol. The van der Waals surface area contributed by atoms with E-state index >= 15 is 0 Å². The molecule has 38 valence electrons. The number of rotatable bonds is 1. The molecular formula is CH7NO3P+. The second-order valence-corrected chi connectivity index (χ2v) is 1.03. The fraction of sp³-hybridized carbons (Fsp3) is 1.00. The average Bonchev–Trinajstić information content (AvgIpc) is 1.38. The van der Waals surface area contributed by atoms with Crippen LogP contribution in [0.2, 0.25) is 0 Å². The van der Waals surface area contributed by atoms with Gasteiger partial charge in [0.15, 0.2) is 0 Å². The van der Waals surface area contributed by atoms with Crippen LogP contribution in [0.1, 0.15) is 7.43 Å². The molecule has 6 heavy (non-hydrogen) atoms. The average molecular weight is 112 g/mol. The molecule has 0 aromatic rings. The van der Waals surface area contributed by atoms with Crippen LogP contribution in [0.25, 0.3) is 0 Å². The molecule has 0 amide bonds. The zero-order valence-electron chi connectivity index (χ0n) is 2.29. The van der Waals surface area contributed by atoms with Crippen molar-refractivity contribution in [3.05, 3.63) is 0 Å². The van der Waals surface area contributed by atoms with Crippen LogP contribution in [0.5, 0.6) is 0 Å². The lowest BCUT2D eigenvalue weighted by molar-refractivity contribution is 0.292. The van der Waals surface area contributed by atoms with E-state index < -0.39 is 8.25 Å². The molecule has 0 saturated heterocycles. The maximum Gasteiger partial charge on any atom is 0.713 e. The standard InChI is InChI=1S/CH4.H2NO3P/c;1-4-5(2)3/h1H4;1H2/p+1. The van der Waals surface area contributed by atoms with Crippen LogP contribution in [0, 0.1) is 0 Å². The molecule has 0 heterocycles. The maximum atomic E-state index is 9.17. The van der Waals surface area contributed by atoms with Gasteiger partial charge >= 0.3 is 8.25 Å². The number of hydrogen-bond donors (Lipinski definition) is 2. The molecule has 0 aromatic carbocycles. The van der Waals surface area contributed by atoms with Gasteiger partial charge in [0, 0.05) is 4.57 Å². The van der Waals surface area contributed by atoms with E-state index in [2.05, 4.69) is 10.5 Å². The van der Waals surface area contributed by atoms with Gasteiger partial charge in [0.05, 0.1) is 0 Å². The van der Waals surface area contributed by atoms with E-state index in [0.29, 0.717) is 0 Å². The fourth-order valence-electron chi connectivity index (χ4n) is 0. The highest BCUT2D eigenvalue weighted by atomic mass is 31.1. The summed E-state index contributed by atoms with van der Waals surface area (Å²) in [7, 11) is -2.57. The molecule has 0 aliphatic carbocycles. The SMILES string of the molecule is C.NO[P+](=O)O. The van der Waals surface area contributed by atoms with Crippen LogP contribution in [0.15, 0.2) is 0 Å². The molecule has 1 unspecified atom stereocenters. The lowest BCUT2D eigenvalue weighted by Gasteiger charge is -1.55. The van der Waals surface area contributed by atoms with Gasteiger partial charge in [-0.25, -0.2) is 0 Å². The highest BCUT2D eigenvalue weighted by molar-refractivity contribution is 7.32. The second kappa shape index (κ2) is 4.98. The Morgan fingerprint density at radius 3 is 2.00 bits per heavy atom. The summed E-state index contributed by atoms with van der Waals surface area (Å²) in [4.78, 5) is 7.52. The molecule has 0 aromatic heterocycles. The van der Waals surface area contributed by atoms with Gasteiger partial charge in [0.25, 0.3) is 0 Å². The molecule has 0 bridgehead atoms. The van der Waals surface area contributed by atoms with E-state index in [1.807, 2.05) is 0 Å². The Morgan fingerprint density at radius 2 is 2.00 bits per heavy atom. The number of hydrogen-bond acceptors (Lipinski definition) is 3. The molecule has 0 spiro atoms.